The fourth-order valence-electron chi connectivity index (χ4n) is 2.36. The summed E-state index contributed by atoms with van der Waals surface area (Å²) in [7, 11) is 0. The first kappa shape index (κ1) is 12.8. The second-order valence-electron chi connectivity index (χ2n) is 4.87. The molecule has 1 N–H and O–H groups in total. The van der Waals surface area contributed by atoms with E-state index in [9.17, 15) is 9.50 Å². The van der Waals surface area contributed by atoms with Crippen molar-refractivity contribution in [3.05, 3.63) is 70.5 Å². The SMILES string of the molecule is Cc1ccc(C(C)(O)c2ccccc2F)c(C)c1. The monoisotopic (exact) mass is 244 g/mol. The van der Waals surface area contributed by atoms with Gasteiger partial charge >= 0.3 is 0 Å². The minimum absolute atomic E-state index is 0.303. The number of benzene rings is 2. The average Bonchev–Trinajstić information content (AvgIpc) is 2.28. The van der Waals surface area contributed by atoms with Crippen LogP contribution in [0.15, 0.2) is 42.5 Å². The van der Waals surface area contributed by atoms with Crippen LogP contribution in [0.25, 0.3) is 0 Å². The zero-order chi connectivity index (χ0) is 13.3. The number of hydrogen-bond donors (Lipinski definition) is 1. The number of rotatable bonds is 2. The highest BCUT2D eigenvalue weighted by atomic mass is 19.1. The minimum atomic E-state index is -1.32. The van der Waals surface area contributed by atoms with Crippen molar-refractivity contribution >= 4 is 0 Å². The summed E-state index contributed by atoms with van der Waals surface area (Å²) in [5.74, 6) is -0.387. The maximum absolute atomic E-state index is 13.8. The predicted molar refractivity (Wildman–Crippen MR) is 71.0 cm³/mol. The third kappa shape index (κ3) is 2.16. The van der Waals surface area contributed by atoms with E-state index in [1.54, 1.807) is 25.1 Å². The van der Waals surface area contributed by atoms with Crippen LogP contribution in [0, 0.1) is 19.7 Å². The highest BCUT2D eigenvalue weighted by molar-refractivity contribution is 5.41. The lowest BCUT2D eigenvalue weighted by Gasteiger charge is -2.27. The third-order valence-corrected chi connectivity index (χ3v) is 3.30. The van der Waals surface area contributed by atoms with Gasteiger partial charge in [0.2, 0.25) is 0 Å². The van der Waals surface area contributed by atoms with Crippen molar-refractivity contribution in [3.8, 4) is 0 Å². The fraction of sp³-hybridized carbons (Fsp3) is 0.250. The van der Waals surface area contributed by atoms with Gasteiger partial charge in [0.05, 0.1) is 0 Å². The molecule has 1 nitrogen and oxygen atoms in total. The standard InChI is InChI=1S/C16H17FO/c1-11-8-9-13(12(2)10-11)16(3,18)14-6-4-5-7-15(14)17/h4-10,18H,1-3H3. The molecule has 2 aromatic rings. The summed E-state index contributed by atoms with van der Waals surface area (Å²) in [6, 6.07) is 12.1. The first-order valence-corrected chi connectivity index (χ1v) is 5.98. The van der Waals surface area contributed by atoms with E-state index in [1.165, 1.54) is 6.07 Å². The molecule has 2 aromatic carbocycles. The van der Waals surface area contributed by atoms with Gasteiger partial charge < -0.3 is 5.11 Å². The first-order chi connectivity index (χ1) is 8.43. The molecule has 0 aliphatic carbocycles. The largest absolute Gasteiger partial charge is 0.381 e. The maximum Gasteiger partial charge on any atom is 0.129 e. The van der Waals surface area contributed by atoms with E-state index in [-0.39, 0.29) is 5.82 Å². The lowest BCUT2D eigenvalue weighted by atomic mass is 9.85. The molecule has 0 amide bonds. The molecule has 0 fully saturated rings. The molecule has 0 aliphatic rings. The Morgan fingerprint density at radius 3 is 2.28 bits per heavy atom. The van der Waals surface area contributed by atoms with E-state index in [4.69, 9.17) is 0 Å². The van der Waals surface area contributed by atoms with E-state index in [2.05, 4.69) is 0 Å². The van der Waals surface area contributed by atoms with Crippen LogP contribution in [0.3, 0.4) is 0 Å². The minimum Gasteiger partial charge on any atom is -0.381 e. The second kappa shape index (κ2) is 4.54. The Kier molecular flexibility index (Phi) is 3.22. The summed E-state index contributed by atoms with van der Waals surface area (Å²) < 4.78 is 13.8. The number of aryl methyl sites for hydroxylation is 2. The van der Waals surface area contributed by atoms with Crippen molar-refractivity contribution in [2.75, 3.05) is 0 Å². The Balaban J connectivity index is 2.58. The molecule has 0 saturated carbocycles. The van der Waals surface area contributed by atoms with Crippen LogP contribution in [0.4, 0.5) is 4.39 Å². The van der Waals surface area contributed by atoms with Gasteiger partial charge in [-0.2, -0.15) is 0 Å². The summed E-state index contributed by atoms with van der Waals surface area (Å²) in [5.41, 5.74) is 1.81. The maximum atomic E-state index is 13.8. The zero-order valence-corrected chi connectivity index (χ0v) is 10.9. The fourth-order valence-corrected chi connectivity index (χ4v) is 2.36. The van der Waals surface area contributed by atoms with Crippen LogP contribution >= 0.6 is 0 Å². The predicted octanol–water partition coefficient (Wildman–Crippen LogP) is 3.70. The lowest BCUT2D eigenvalue weighted by Crippen LogP contribution is -2.25. The van der Waals surface area contributed by atoms with Gasteiger partial charge in [-0.3, -0.25) is 0 Å². The molecule has 0 spiro atoms. The van der Waals surface area contributed by atoms with Gasteiger partial charge in [-0.05, 0) is 38.0 Å². The molecule has 94 valence electrons. The Morgan fingerprint density at radius 2 is 1.67 bits per heavy atom. The van der Waals surface area contributed by atoms with Gasteiger partial charge in [-0.25, -0.2) is 4.39 Å². The molecule has 18 heavy (non-hydrogen) atoms. The molecule has 1 unspecified atom stereocenters. The number of halogens is 1. The quantitative estimate of drug-likeness (QED) is 0.854. The van der Waals surface area contributed by atoms with E-state index in [0.29, 0.717) is 5.56 Å². The van der Waals surface area contributed by atoms with Crippen molar-refractivity contribution in [2.45, 2.75) is 26.4 Å². The van der Waals surface area contributed by atoms with Crippen LogP contribution < -0.4 is 0 Å². The smallest absolute Gasteiger partial charge is 0.129 e. The van der Waals surface area contributed by atoms with Gasteiger partial charge in [0, 0.05) is 5.56 Å². The molecule has 1 atom stereocenters. The van der Waals surface area contributed by atoms with E-state index < -0.39 is 5.60 Å². The molecule has 0 heterocycles. The molecular weight excluding hydrogens is 227 g/mol. The summed E-state index contributed by atoms with van der Waals surface area (Å²) in [4.78, 5) is 0. The van der Waals surface area contributed by atoms with Crippen LogP contribution in [-0.2, 0) is 5.60 Å². The molecular formula is C16H17FO. The van der Waals surface area contributed by atoms with Crippen LogP contribution in [0.5, 0.6) is 0 Å². The van der Waals surface area contributed by atoms with Gasteiger partial charge in [0.25, 0.3) is 0 Å². The van der Waals surface area contributed by atoms with Gasteiger partial charge in [0.1, 0.15) is 11.4 Å². The highest BCUT2D eigenvalue weighted by Gasteiger charge is 2.29. The van der Waals surface area contributed by atoms with E-state index in [0.717, 1.165) is 16.7 Å². The lowest BCUT2D eigenvalue weighted by molar-refractivity contribution is 0.0973. The van der Waals surface area contributed by atoms with Crippen molar-refractivity contribution in [2.24, 2.45) is 0 Å². The molecule has 0 bridgehead atoms. The average molecular weight is 244 g/mol. The topological polar surface area (TPSA) is 20.2 Å². The molecule has 2 heteroatoms. The zero-order valence-electron chi connectivity index (χ0n) is 10.9. The van der Waals surface area contributed by atoms with E-state index in [1.807, 2.05) is 32.0 Å². The van der Waals surface area contributed by atoms with Crippen LogP contribution in [0.2, 0.25) is 0 Å². The van der Waals surface area contributed by atoms with Crippen LogP contribution in [-0.4, -0.2) is 5.11 Å². The van der Waals surface area contributed by atoms with Gasteiger partial charge in [-0.15, -0.1) is 0 Å². The Morgan fingerprint density at radius 1 is 1.00 bits per heavy atom. The molecule has 0 aromatic heterocycles. The molecule has 0 saturated heterocycles. The molecule has 2 rings (SSSR count). The van der Waals surface area contributed by atoms with Crippen molar-refractivity contribution < 1.29 is 9.50 Å². The Labute approximate surface area is 107 Å². The van der Waals surface area contributed by atoms with Crippen molar-refractivity contribution in [3.63, 3.8) is 0 Å². The van der Waals surface area contributed by atoms with E-state index >= 15 is 0 Å². The Bertz CT molecular complexity index is 573. The second-order valence-corrected chi connectivity index (χ2v) is 4.87. The molecule has 0 radical (unpaired) electrons. The number of aliphatic hydroxyl groups is 1. The number of hydrogen-bond acceptors (Lipinski definition) is 1. The van der Waals surface area contributed by atoms with Gasteiger partial charge in [0.15, 0.2) is 0 Å². The summed E-state index contributed by atoms with van der Waals surface area (Å²) in [5, 5.41) is 10.7. The highest BCUT2D eigenvalue weighted by Crippen LogP contribution is 2.33. The third-order valence-electron chi connectivity index (χ3n) is 3.30. The van der Waals surface area contributed by atoms with Crippen molar-refractivity contribution in [1.29, 1.82) is 0 Å². The summed E-state index contributed by atoms with van der Waals surface area (Å²) >= 11 is 0. The van der Waals surface area contributed by atoms with Crippen molar-refractivity contribution in [1.82, 2.24) is 0 Å². The summed E-state index contributed by atoms with van der Waals surface area (Å²) in [6.07, 6.45) is 0. The summed E-state index contributed by atoms with van der Waals surface area (Å²) in [6.45, 7) is 5.55. The molecule has 0 aliphatic heterocycles. The Hall–Kier alpha value is -1.67. The van der Waals surface area contributed by atoms with Crippen LogP contribution in [0.1, 0.15) is 29.2 Å². The normalized spacial score (nSPS) is 14.3. The van der Waals surface area contributed by atoms with Gasteiger partial charge in [-0.1, -0.05) is 42.0 Å². The first-order valence-electron chi connectivity index (χ1n) is 5.98.